The molecular formula is C26H50O8Si2. The average Bonchev–Trinajstić information content (AvgIpc) is 2.75. The van der Waals surface area contributed by atoms with Crippen LogP contribution in [0.2, 0.25) is 39.3 Å². The van der Waals surface area contributed by atoms with E-state index in [2.05, 4.69) is 66.6 Å². The van der Waals surface area contributed by atoms with E-state index in [0.29, 0.717) is 5.57 Å². The van der Waals surface area contributed by atoms with Gasteiger partial charge in [0.2, 0.25) is 0 Å². The molecule has 36 heavy (non-hydrogen) atoms. The Kier molecular flexibility index (Phi) is 11.0. The number of ether oxygens (including phenoxy) is 4. The maximum atomic E-state index is 12.0. The van der Waals surface area contributed by atoms with E-state index in [1.54, 1.807) is 6.92 Å². The molecule has 210 valence electrons. The Labute approximate surface area is 220 Å². The van der Waals surface area contributed by atoms with Crippen molar-refractivity contribution in [3.63, 3.8) is 0 Å². The van der Waals surface area contributed by atoms with Gasteiger partial charge < -0.3 is 32.9 Å². The predicted octanol–water partition coefficient (Wildman–Crippen LogP) is 4.55. The zero-order valence-corrected chi connectivity index (χ0v) is 26.2. The number of rotatable bonds is 10. The van der Waals surface area contributed by atoms with E-state index in [-0.39, 0.29) is 49.1 Å². The van der Waals surface area contributed by atoms with Crippen molar-refractivity contribution in [1.82, 2.24) is 0 Å². The SMILES string of the molecule is C=C(C)C(=O)OC[C@H]1O[C@H](O[C@H]2O[C@H](CO)[C@@H](C)[C@H](O[Si](C)(C)C)[C@H]2O[Si](C)(C)C)[C@H](C)[C@@H](C)[C@@H]1C. The van der Waals surface area contributed by atoms with E-state index in [1.807, 2.05) is 6.92 Å². The summed E-state index contributed by atoms with van der Waals surface area (Å²) in [6, 6.07) is 0. The van der Waals surface area contributed by atoms with Crippen molar-refractivity contribution in [3.05, 3.63) is 12.2 Å². The highest BCUT2D eigenvalue weighted by atomic mass is 28.4. The standard InChI is InChI=1S/C26H50O8Si2/c1-15(2)24(28)29-14-21-17(4)16(3)18(5)25(31-21)32-26-23(34-36(10,11)12)22(33-35(7,8)9)19(6)20(13-27)30-26/h16-23,25-27H,1,13-14H2,2-12H3/t16-,17-,18+,19+,20+,21+,22-,23+,25+,26+/m0/s1. The van der Waals surface area contributed by atoms with Crippen molar-refractivity contribution in [2.24, 2.45) is 23.7 Å². The molecule has 2 fully saturated rings. The second-order valence-corrected chi connectivity index (χ2v) is 21.5. The fraction of sp³-hybridized carbons (Fsp3) is 0.885. The lowest BCUT2D eigenvalue weighted by atomic mass is 9.79. The van der Waals surface area contributed by atoms with Gasteiger partial charge in [-0.05, 0) is 58.0 Å². The fourth-order valence-corrected chi connectivity index (χ4v) is 6.94. The quantitative estimate of drug-likeness (QED) is 0.242. The molecule has 2 saturated heterocycles. The summed E-state index contributed by atoms with van der Waals surface area (Å²) in [7, 11) is -3.96. The third kappa shape index (κ3) is 8.46. The van der Waals surface area contributed by atoms with Crippen LogP contribution in [-0.2, 0) is 32.6 Å². The van der Waals surface area contributed by atoms with Gasteiger partial charge in [0.15, 0.2) is 29.2 Å². The first-order valence-electron chi connectivity index (χ1n) is 13.2. The summed E-state index contributed by atoms with van der Waals surface area (Å²) in [5.41, 5.74) is 0.354. The molecular weight excluding hydrogens is 496 g/mol. The van der Waals surface area contributed by atoms with Crippen LogP contribution in [0.4, 0.5) is 0 Å². The van der Waals surface area contributed by atoms with Crippen molar-refractivity contribution < 1.29 is 37.7 Å². The average molecular weight is 547 g/mol. The van der Waals surface area contributed by atoms with Crippen LogP contribution in [0.1, 0.15) is 34.6 Å². The molecule has 2 aliphatic heterocycles. The number of aliphatic hydroxyl groups excluding tert-OH is 1. The molecule has 0 spiro atoms. The molecule has 2 aliphatic rings. The Morgan fingerprint density at radius 1 is 0.806 bits per heavy atom. The fourth-order valence-electron chi connectivity index (χ4n) is 4.72. The van der Waals surface area contributed by atoms with E-state index in [9.17, 15) is 9.90 Å². The number of carbonyl (C=O) groups excluding carboxylic acids is 1. The van der Waals surface area contributed by atoms with Crippen molar-refractivity contribution in [2.45, 2.75) is 111 Å². The lowest BCUT2D eigenvalue weighted by Crippen LogP contribution is -2.62. The maximum absolute atomic E-state index is 12.0. The molecule has 0 amide bonds. The van der Waals surface area contributed by atoms with Gasteiger partial charge in [-0.25, -0.2) is 4.79 Å². The second kappa shape index (κ2) is 12.5. The first-order valence-corrected chi connectivity index (χ1v) is 20.0. The minimum Gasteiger partial charge on any atom is -0.460 e. The summed E-state index contributed by atoms with van der Waals surface area (Å²) in [4.78, 5) is 12.0. The third-order valence-electron chi connectivity index (χ3n) is 7.14. The number of esters is 1. The zero-order chi connectivity index (χ0) is 27.6. The van der Waals surface area contributed by atoms with E-state index in [1.165, 1.54) is 0 Å². The van der Waals surface area contributed by atoms with Gasteiger partial charge in [-0.15, -0.1) is 0 Å². The molecule has 2 rings (SSSR count). The van der Waals surface area contributed by atoms with Crippen molar-refractivity contribution in [1.29, 1.82) is 0 Å². The first-order chi connectivity index (χ1) is 16.4. The van der Waals surface area contributed by atoms with E-state index >= 15 is 0 Å². The summed E-state index contributed by atoms with van der Waals surface area (Å²) in [5.74, 6) is -0.0284. The van der Waals surface area contributed by atoms with Gasteiger partial charge in [-0.2, -0.15) is 0 Å². The number of carbonyl (C=O) groups is 1. The Morgan fingerprint density at radius 3 is 1.83 bits per heavy atom. The topological polar surface area (TPSA) is 92.7 Å². The largest absolute Gasteiger partial charge is 0.460 e. The third-order valence-corrected chi connectivity index (χ3v) is 9.10. The molecule has 0 aliphatic carbocycles. The highest BCUT2D eigenvalue weighted by molar-refractivity contribution is 6.70. The van der Waals surface area contributed by atoms with E-state index < -0.39 is 47.4 Å². The monoisotopic (exact) mass is 546 g/mol. The summed E-state index contributed by atoms with van der Waals surface area (Å²) in [6.07, 6.45) is -2.86. The Hall–Kier alpha value is -0.596. The minimum atomic E-state index is -2.02. The lowest BCUT2D eigenvalue weighted by molar-refractivity contribution is -0.354. The molecule has 0 aromatic carbocycles. The van der Waals surface area contributed by atoms with Crippen molar-refractivity contribution in [2.75, 3.05) is 13.2 Å². The van der Waals surface area contributed by atoms with E-state index in [4.69, 9.17) is 27.8 Å². The van der Waals surface area contributed by atoms with Crippen molar-refractivity contribution in [3.8, 4) is 0 Å². The molecule has 0 aromatic heterocycles. The minimum absolute atomic E-state index is 0.0625. The molecule has 0 unspecified atom stereocenters. The molecule has 1 N–H and O–H groups in total. The van der Waals surface area contributed by atoms with Crippen LogP contribution >= 0.6 is 0 Å². The Morgan fingerprint density at radius 2 is 1.33 bits per heavy atom. The molecule has 0 aromatic rings. The Bertz CT molecular complexity index is 749. The summed E-state index contributed by atoms with van der Waals surface area (Å²) in [5, 5.41) is 10.1. The smallest absolute Gasteiger partial charge is 0.333 e. The highest BCUT2D eigenvalue weighted by Gasteiger charge is 2.50. The maximum Gasteiger partial charge on any atom is 0.333 e. The number of hydrogen-bond donors (Lipinski definition) is 1. The van der Waals surface area contributed by atoms with Crippen LogP contribution in [0, 0.1) is 23.7 Å². The normalized spacial score (nSPS) is 38.0. The van der Waals surface area contributed by atoms with Gasteiger partial charge in [-0.3, -0.25) is 0 Å². The van der Waals surface area contributed by atoms with Crippen molar-refractivity contribution >= 4 is 22.6 Å². The molecule has 10 atom stereocenters. The van der Waals surface area contributed by atoms with Crippen LogP contribution < -0.4 is 0 Å². The van der Waals surface area contributed by atoms with Gasteiger partial charge in [0.25, 0.3) is 0 Å². The van der Waals surface area contributed by atoms with Crippen LogP contribution in [0.25, 0.3) is 0 Å². The highest BCUT2D eigenvalue weighted by Crippen LogP contribution is 2.39. The zero-order valence-electron chi connectivity index (χ0n) is 24.2. The van der Waals surface area contributed by atoms with Crippen LogP contribution in [-0.4, -0.2) is 77.9 Å². The van der Waals surface area contributed by atoms with E-state index in [0.717, 1.165) is 0 Å². The summed E-state index contributed by atoms with van der Waals surface area (Å²) < 4.78 is 37.9. The molecule has 0 bridgehead atoms. The molecule has 2 heterocycles. The van der Waals surface area contributed by atoms with Crippen LogP contribution in [0.3, 0.4) is 0 Å². The number of hydrogen-bond acceptors (Lipinski definition) is 8. The Balaban J connectivity index is 2.31. The van der Waals surface area contributed by atoms with Crippen LogP contribution in [0.15, 0.2) is 12.2 Å². The van der Waals surface area contributed by atoms with Gasteiger partial charge in [0, 0.05) is 17.4 Å². The van der Waals surface area contributed by atoms with Gasteiger partial charge >= 0.3 is 5.97 Å². The molecule has 10 heteroatoms. The predicted molar refractivity (Wildman–Crippen MR) is 144 cm³/mol. The second-order valence-electron chi connectivity index (χ2n) is 12.6. The van der Waals surface area contributed by atoms with Crippen LogP contribution in [0.5, 0.6) is 0 Å². The first kappa shape index (κ1) is 31.6. The van der Waals surface area contributed by atoms with Gasteiger partial charge in [0.1, 0.15) is 12.7 Å². The van der Waals surface area contributed by atoms with Gasteiger partial charge in [-0.1, -0.05) is 34.3 Å². The molecule has 8 nitrogen and oxygen atoms in total. The number of aliphatic hydroxyl groups is 1. The molecule has 0 radical (unpaired) electrons. The summed E-state index contributed by atoms with van der Waals surface area (Å²) in [6.45, 7) is 26.5. The molecule has 0 saturated carbocycles. The van der Waals surface area contributed by atoms with Gasteiger partial charge in [0.05, 0.1) is 24.9 Å². The lowest BCUT2D eigenvalue weighted by Gasteiger charge is -2.50. The summed E-state index contributed by atoms with van der Waals surface area (Å²) >= 11 is 0.